The van der Waals surface area contributed by atoms with Gasteiger partial charge < -0.3 is 0 Å². The number of hydrogen-bond donors (Lipinski definition) is 0. The fourth-order valence-electron chi connectivity index (χ4n) is 0.948. The van der Waals surface area contributed by atoms with Gasteiger partial charge in [-0.1, -0.05) is 4.49 Å². The van der Waals surface area contributed by atoms with Crippen LogP contribution in [0.4, 0.5) is 0 Å². The molecule has 0 fully saturated rings. The van der Waals surface area contributed by atoms with Crippen LogP contribution in [-0.4, -0.2) is 25.3 Å². The van der Waals surface area contributed by atoms with E-state index in [9.17, 15) is 4.79 Å². The molecule has 6 heteroatoms. The van der Waals surface area contributed by atoms with E-state index in [4.69, 9.17) is 0 Å². The van der Waals surface area contributed by atoms with Crippen molar-refractivity contribution < 1.29 is 4.79 Å². The largest absolute Gasteiger partial charge is 0.290 e. The molecule has 0 aliphatic rings. The van der Waals surface area contributed by atoms with Gasteiger partial charge in [-0.2, -0.15) is 0 Å². The number of nitrogens with zero attached hydrogens (tertiary/aromatic N) is 4. The first kappa shape index (κ1) is 8.89. The molecule has 0 saturated heterocycles. The average molecular weight is 206 g/mol. The molecule has 0 unspecified atom stereocenters. The lowest BCUT2D eigenvalue weighted by Crippen LogP contribution is -2.08. The molecule has 0 radical (unpaired) electrons. The van der Waals surface area contributed by atoms with Crippen LogP contribution in [0.25, 0.3) is 0 Å². The predicted molar refractivity (Wildman–Crippen MR) is 50.0 cm³/mol. The van der Waals surface area contributed by atoms with E-state index in [2.05, 4.69) is 19.6 Å². The fraction of sp³-hybridized carbons (Fsp3) is 0.125. The molecule has 0 saturated carbocycles. The normalized spacial score (nSPS) is 10.0. The molecular weight excluding hydrogens is 200 g/mol. The zero-order chi connectivity index (χ0) is 9.80. The Morgan fingerprint density at radius 1 is 1.36 bits per heavy atom. The molecule has 0 aliphatic carbocycles. The second-order valence-electron chi connectivity index (χ2n) is 2.57. The Kier molecular flexibility index (Phi) is 2.55. The topological polar surface area (TPSA) is 68.6 Å². The van der Waals surface area contributed by atoms with Gasteiger partial charge in [0.25, 0.3) is 0 Å². The average Bonchev–Trinajstić information content (AvgIpc) is 2.72. The third-order valence-corrected chi connectivity index (χ3v) is 2.12. The Bertz CT molecular complexity index is 414. The van der Waals surface area contributed by atoms with Crippen molar-refractivity contribution in [2.75, 3.05) is 0 Å². The van der Waals surface area contributed by atoms with Gasteiger partial charge in [-0.25, -0.2) is 9.97 Å². The molecule has 0 aliphatic heterocycles. The van der Waals surface area contributed by atoms with Crippen molar-refractivity contribution in [3.8, 4) is 0 Å². The Labute approximate surface area is 84.0 Å². The summed E-state index contributed by atoms with van der Waals surface area (Å²) in [7, 11) is 0. The van der Waals surface area contributed by atoms with Gasteiger partial charge in [0.2, 0.25) is 5.78 Å². The number of rotatable bonds is 3. The summed E-state index contributed by atoms with van der Waals surface area (Å²) in [6.45, 7) is 0. The summed E-state index contributed by atoms with van der Waals surface area (Å²) in [4.78, 5) is 19.2. The smallest absolute Gasteiger partial charge is 0.206 e. The molecule has 14 heavy (non-hydrogen) atoms. The minimum absolute atomic E-state index is 0.140. The van der Waals surface area contributed by atoms with E-state index in [1.54, 1.807) is 23.8 Å². The zero-order valence-corrected chi connectivity index (χ0v) is 7.94. The highest BCUT2D eigenvalue weighted by atomic mass is 32.1. The first-order valence-corrected chi connectivity index (χ1v) is 4.76. The lowest BCUT2D eigenvalue weighted by molar-refractivity contribution is 0.0982. The van der Waals surface area contributed by atoms with E-state index in [-0.39, 0.29) is 18.0 Å². The van der Waals surface area contributed by atoms with E-state index in [0.717, 1.165) is 0 Å². The number of aromatic nitrogens is 4. The monoisotopic (exact) mass is 206 g/mol. The van der Waals surface area contributed by atoms with Gasteiger partial charge >= 0.3 is 0 Å². The van der Waals surface area contributed by atoms with Crippen LogP contribution < -0.4 is 0 Å². The molecular formula is C8H6N4OS. The van der Waals surface area contributed by atoms with Crippen LogP contribution in [0.2, 0.25) is 0 Å². The summed E-state index contributed by atoms with van der Waals surface area (Å²) in [6, 6.07) is 1.67. The number of Topliss-reactive ketones (excluding diaryl/α,β-unsaturated/α-hetero) is 1. The Morgan fingerprint density at radius 3 is 2.79 bits per heavy atom. The summed E-state index contributed by atoms with van der Waals surface area (Å²) in [6.07, 6.45) is 3.29. The third-order valence-electron chi connectivity index (χ3n) is 1.56. The van der Waals surface area contributed by atoms with Gasteiger partial charge in [-0.3, -0.25) is 4.79 Å². The maximum Gasteiger partial charge on any atom is 0.206 e. The van der Waals surface area contributed by atoms with E-state index in [0.29, 0.717) is 5.69 Å². The van der Waals surface area contributed by atoms with Crippen molar-refractivity contribution in [3.63, 3.8) is 0 Å². The summed E-state index contributed by atoms with van der Waals surface area (Å²) in [5.74, 6) is 0.0822. The fourth-order valence-corrected chi connectivity index (χ4v) is 1.40. The molecule has 5 nitrogen and oxygen atoms in total. The summed E-state index contributed by atoms with van der Waals surface area (Å²) >= 11 is 1.22. The molecule has 0 spiro atoms. The Hall–Kier alpha value is -1.69. The molecule has 0 amide bonds. The third kappa shape index (κ3) is 1.97. The minimum atomic E-state index is -0.140. The van der Waals surface area contributed by atoms with Crippen molar-refractivity contribution in [2.45, 2.75) is 6.42 Å². The van der Waals surface area contributed by atoms with E-state index < -0.39 is 0 Å². The molecule has 0 bridgehead atoms. The van der Waals surface area contributed by atoms with Gasteiger partial charge in [0.15, 0.2) is 5.82 Å². The highest BCUT2D eigenvalue weighted by Crippen LogP contribution is 2.01. The SMILES string of the molecule is O=C(Cc1csnn1)c1ncccn1. The number of ketones is 1. The molecule has 2 aromatic rings. The molecule has 2 rings (SSSR count). The van der Waals surface area contributed by atoms with Gasteiger partial charge in [0, 0.05) is 17.8 Å². The first-order valence-electron chi connectivity index (χ1n) is 3.92. The van der Waals surface area contributed by atoms with Crippen LogP contribution in [0.15, 0.2) is 23.8 Å². The summed E-state index contributed by atoms with van der Waals surface area (Å²) in [5, 5.41) is 5.51. The maximum absolute atomic E-state index is 11.5. The van der Waals surface area contributed by atoms with Gasteiger partial charge in [-0.15, -0.1) is 5.10 Å². The molecule has 2 aromatic heterocycles. The summed E-state index contributed by atoms with van der Waals surface area (Å²) < 4.78 is 3.67. The van der Waals surface area contributed by atoms with Crippen molar-refractivity contribution in [1.82, 2.24) is 19.6 Å². The molecule has 70 valence electrons. The number of carbonyl (C=O) groups is 1. The number of hydrogen-bond acceptors (Lipinski definition) is 6. The molecule has 2 heterocycles. The lowest BCUT2D eigenvalue weighted by Gasteiger charge is -1.94. The van der Waals surface area contributed by atoms with Gasteiger partial charge in [0.05, 0.1) is 12.1 Å². The van der Waals surface area contributed by atoms with Crippen molar-refractivity contribution >= 4 is 17.3 Å². The lowest BCUT2D eigenvalue weighted by atomic mass is 10.2. The van der Waals surface area contributed by atoms with Gasteiger partial charge in [-0.05, 0) is 17.6 Å². The van der Waals surface area contributed by atoms with Gasteiger partial charge in [0.1, 0.15) is 0 Å². The molecule has 0 aromatic carbocycles. The van der Waals surface area contributed by atoms with Crippen LogP contribution in [0.5, 0.6) is 0 Å². The maximum atomic E-state index is 11.5. The van der Waals surface area contributed by atoms with Crippen LogP contribution in [0.3, 0.4) is 0 Å². The van der Waals surface area contributed by atoms with E-state index in [1.807, 2.05) is 0 Å². The highest BCUT2D eigenvalue weighted by molar-refractivity contribution is 7.03. The van der Waals surface area contributed by atoms with E-state index >= 15 is 0 Å². The Morgan fingerprint density at radius 2 is 2.14 bits per heavy atom. The molecule has 0 N–H and O–H groups in total. The van der Waals surface area contributed by atoms with Crippen LogP contribution in [-0.2, 0) is 6.42 Å². The van der Waals surface area contributed by atoms with Crippen molar-refractivity contribution in [1.29, 1.82) is 0 Å². The van der Waals surface area contributed by atoms with Crippen LogP contribution in [0, 0.1) is 0 Å². The van der Waals surface area contributed by atoms with E-state index in [1.165, 1.54) is 11.5 Å². The van der Waals surface area contributed by atoms with Crippen molar-refractivity contribution in [2.24, 2.45) is 0 Å². The highest BCUT2D eigenvalue weighted by Gasteiger charge is 2.10. The summed E-state index contributed by atoms with van der Waals surface area (Å²) in [5.41, 5.74) is 0.660. The number of carbonyl (C=O) groups excluding carboxylic acids is 1. The second-order valence-corrected chi connectivity index (χ2v) is 3.18. The Balaban J connectivity index is 2.11. The minimum Gasteiger partial charge on any atom is -0.290 e. The molecule has 0 atom stereocenters. The standard InChI is InChI=1S/C8H6N4OS/c13-7(4-6-5-14-12-11-6)8-9-2-1-3-10-8/h1-3,5H,4H2. The predicted octanol–water partition coefficient (Wildman–Crippen LogP) is 0.754. The second kappa shape index (κ2) is 4.01. The van der Waals surface area contributed by atoms with Crippen LogP contribution >= 0.6 is 11.5 Å². The van der Waals surface area contributed by atoms with Crippen LogP contribution in [0.1, 0.15) is 16.3 Å². The first-order chi connectivity index (χ1) is 6.86. The van der Waals surface area contributed by atoms with Crippen molar-refractivity contribution in [3.05, 3.63) is 35.4 Å². The quantitative estimate of drug-likeness (QED) is 0.693. The zero-order valence-electron chi connectivity index (χ0n) is 7.12.